The Balaban J connectivity index is 1.71. The van der Waals surface area contributed by atoms with Gasteiger partial charge in [0, 0.05) is 12.8 Å². The van der Waals surface area contributed by atoms with Crippen molar-refractivity contribution in [2.45, 2.75) is 25.4 Å². The molecule has 0 spiro atoms. The van der Waals surface area contributed by atoms with E-state index in [1.807, 2.05) is 36.4 Å². The smallest absolute Gasteiger partial charge is 0.128 e. The number of quaternary nitrogens is 1. The molecular weight excluding hydrogens is 338 g/mol. The predicted octanol–water partition coefficient (Wildman–Crippen LogP) is 3.48. The van der Waals surface area contributed by atoms with E-state index in [0.29, 0.717) is 11.8 Å². The zero-order valence-electron chi connectivity index (χ0n) is 15.9. The van der Waals surface area contributed by atoms with Gasteiger partial charge in [-0.15, -0.1) is 0 Å². The number of phenols is 1. The maximum atomic E-state index is 10.6. The number of likely N-dealkylation sites (tertiary alicyclic amines) is 1. The Morgan fingerprint density at radius 3 is 2.70 bits per heavy atom. The molecular formula is C23H26NO3+. The summed E-state index contributed by atoms with van der Waals surface area (Å²) in [5.74, 6) is 2.14. The average Bonchev–Trinajstić information content (AvgIpc) is 3.17. The van der Waals surface area contributed by atoms with Crippen molar-refractivity contribution in [2.75, 3.05) is 20.8 Å². The minimum absolute atomic E-state index is 0.327. The van der Waals surface area contributed by atoms with Crippen LogP contribution in [0.4, 0.5) is 0 Å². The van der Waals surface area contributed by atoms with Crippen molar-refractivity contribution in [3.05, 3.63) is 65.7 Å². The van der Waals surface area contributed by atoms with Crippen LogP contribution in [0.3, 0.4) is 0 Å². The van der Waals surface area contributed by atoms with Crippen molar-refractivity contribution in [3.63, 3.8) is 0 Å². The van der Waals surface area contributed by atoms with Gasteiger partial charge in [-0.2, -0.15) is 0 Å². The van der Waals surface area contributed by atoms with Crippen LogP contribution in [0.15, 0.2) is 54.6 Å². The van der Waals surface area contributed by atoms with Gasteiger partial charge < -0.3 is 19.5 Å². The highest BCUT2D eigenvalue weighted by atomic mass is 16.5. The lowest BCUT2D eigenvalue weighted by atomic mass is 10.00. The molecule has 1 heterocycles. The van der Waals surface area contributed by atoms with Crippen LogP contribution in [-0.2, 0) is 6.54 Å². The Labute approximate surface area is 160 Å². The number of hydrogen-bond acceptors (Lipinski definition) is 3. The molecule has 0 bridgehead atoms. The molecule has 0 saturated carbocycles. The maximum absolute atomic E-state index is 10.6. The SMILES string of the molecule is COc1ccc(OC)c([C@H]2CCC[NH+]2Cc2c(O)ccc3ccccc23)c1. The van der Waals surface area contributed by atoms with Crippen LogP contribution in [0.2, 0.25) is 0 Å². The van der Waals surface area contributed by atoms with Crippen molar-refractivity contribution >= 4 is 10.8 Å². The second kappa shape index (κ2) is 7.49. The third-order valence-electron chi connectivity index (χ3n) is 5.72. The fourth-order valence-corrected chi connectivity index (χ4v) is 4.35. The van der Waals surface area contributed by atoms with Crippen LogP contribution in [0.1, 0.15) is 30.0 Å². The van der Waals surface area contributed by atoms with E-state index in [9.17, 15) is 5.11 Å². The third-order valence-corrected chi connectivity index (χ3v) is 5.72. The molecule has 3 aromatic rings. The summed E-state index contributed by atoms with van der Waals surface area (Å²) in [6, 6.07) is 18.4. The Bertz CT molecular complexity index is 954. The third kappa shape index (κ3) is 3.33. The molecule has 4 heteroatoms. The van der Waals surface area contributed by atoms with Gasteiger partial charge in [0.05, 0.1) is 31.9 Å². The highest BCUT2D eigenvalue weighted by Gasteiger charge is 2.33. The second-order valence-electron chi connectivity index (χ2n) is 7.17. The summed E-state index contributed by atoms with van der Waals surface area (Å²) in [7, 11) is 3.41. The quantitative estimate of drug-likeness (QED) is 0.728. The number of methoxy groups -OCH3 is 2. The summed E-state index contributed by atoms with van der Waals surface area (Å²) < 4.78 is 11.1. The van der Waals surface area contributed by atoms with Gasteiger partial charge in [-0.25, -0.2) is 0 Å². The fraction of sp³-hybridized carbons (Fsp3) is 0.304. The van der Waals surface area contributed by atoms with Gasteiger partial charge in [-0.3, -0.25) is 0 Å². The number of fused-ring (bicyclic) bond motifs is 1. The monoisotopic (exact) mass is 364 g/mol. The first-order chi connectivity index (χ1) is 13.2. The van der Waals surface area contributed by atoms with E-state index in [1.54, 1.807) is 14.2 Å². The number of rotatable bonds is 5. The molecule has 0 radical (unpaired) electrons. The molecule has 4 rings (SSSR count). The van der Waals surface area contributed by atoms with Crippen LogP contribution in [0.25, 0.3) is 10.8 Å². The zero-order chi connectivity index (χ0) is 18.8. The maximum Gasteiger partial charge on any atom is 0.128 e. The number of ether oxygens (including phenoxy) is 2. The Hall–Kier alpha value is -2.72. The minimum Gasteiger partial charge on any atom is -0.507 e. The van der Waals surface area contributed by atoms with Gasteiger partial charge in [-0.1, -0.05) is 30.3 Å². The molecule has 3 aromatic carbocycles. The van der Waals surface area contributed by atoms with Crippen molar-refractivity contribution < 1.29 is 19.5 Å². The standard InChI is InChI=1S/C23H25NO3/c1-26-17-10-12-23(27-2)19(14-17)21-8-5-13-24(21)15-20-18-7-4-3-6-16(18)9-11-22(20)25/h3-4,6-7,9-12,14,21,25H,5,8,13,15H2,1-2H3/p+1/t21-/m1/s1. The van der Waals surface area contributed by atoms with Crippen LogP contribution in [-0.4, -0.2) is 25.9 Å². The van der Waals surface area contributed by atoms with Crippen molar-refractivity contribution in [1.29, 1.82) is 0 Å². The largest absolute Gasteiger partial charge is 0.507 e. The van der Waals surface area contributed by atoms with Gasteiger partial charge in [0.25, 0.3) is 0 Å². The highest BCUT2D eigenvalue weighted by Crippen LogP contribution is 2.33. The summed E-state index contributed by atoms with van der Waals surface area (Å²) in [5, 5.41) is 12.8. The van der Waals surface area contributed by atoms with Gasteiger partial charge in [-0.05, 0) is 35.0 Å². The summed E-state index contributed by atoms with van der Waals surface area (Å²) in [6.45, 7) is 1.87. The Kier molecular flexibility index (Phi) is 4.90. The number of nitrogens with one attached hydrogen (secondary N) is 1. The van der Waals surface area contributed by atoms with Crippen LogP contribution in [0, 0.1) is 0 Å². The first-order valence-corrected chi connectivity index (χ1v) is 9.47. The number of phenolic OH excluding ortho intramolecular Hbond substituents is 1. The van der Waals surface area contributed by atoms with Gasteiger partial charge >= 0.3 is 0 Å². The molecule has 1 unspecified atom stereocenters. The van der Waals surface area contributed by atoms with Crippen LogP contribution < -0.4 is 14.4 Å². The lowest BCUT2D eigenvalue weighted by molar-refractivity contribution is -0.931. The molecule has 1 aliphatic rings. The number of benzene rings is 3. The molecule has 4 nitrogen and oxygen atoms in total. The van der Waals surface area contributed by atoms with E-state index in [-0.39, 0.29) is 0 Å². The summed E-state index contributed by atoms with van der Waals surface area (Å²) in [6.07, 6.45) is 2.26. The summed E-state index contributed by atoms with van der Waals surface area (Å²) in [5.41, 5.74) is 2.21. The molecule has 140 valence electrons. The molecule has 2 N–H and O–H groups in total. The molecule has 0 amide bonds. The van der Waals surface area contributed by atoms with E-state index in [2.05, 4.69) is 18.2 Å². The molecule has 27 heavy (non-hydrogen) atoms. The first kappa shape index (κ1) is 17.7. The molecule has 0 aliphatic carbocycles. The average molecular weight is 364 g/mol. The zero-order valence-corrected chi connectivity index (χ0v) is 15.9. The predicted molar refractivity (Wildman–Crippen MR) is 107 cm³/mol. The molecule has 1 fully saturated rings. The van der Waals surface area contributed by atoms with Gasteiger partial charge in [0.1, 0.15) is 29.8 Å². The molecule has 1 saturated heterocycles. The molecule has 2 atom stereocenters. The summed E-state index contributed by atoms with van der Waals surface area (Å²) in [4.78, 5) is 1.45. The van der Waals surface area contributed by atoms with Gasteiger partial charge in [0.15, 0.2) is 0 Å². The van der Waals surface area contributed by atoms with Crippen molar-refractivity contribution in [3.8, 4) is 17.2 Å². The van der Waals surface area contributed by atoms with Crippen molar-refractivity contribution in [2.24, 2.45) is 0 Å². The van der Waals surface area contributed by atoms with Crippen molar-refractivity contribution in [1.82, 2.24) is 0 Å². The van der Waals surface area contributed by atoms with E-state index >= 15 is 0 Å². The van der Waals surface area contributed by atoms with Gasteiger partial charge in [0.2, 0.25) is 0 Å². The topological polar surface area (TPSA) is 43.1 Å². The summed E-state index contributed by atoms with van der Waals surface area (Å²) >= 11 is 0. The van der Waals surface area contributed by atoms with Crippen LogP contribution >= 0.6 is 0 Å². The van der Waals surface area contributed by atoms with E-state index < -0.39 is 0 Å². The van der Waals surface area contributed by atoms with E-state index in [1.165, 1.54) is 15.8 Å². The molecule has 0 aromatic heterocycles. The first-order valence-electron chi connectivity index (χ1n) is 9.47. The minimum atomic E-state index is 0.327. The van der Waals surface area contributed by atoms with E-state index in [0.717, 1.165) is 48.4 Å². The highest BCUT2D eigenvalue weighted by molar-refractivity contribution is 5.87. The molecule has 1 aliphatic heterocycles. The number of hydrogen-bond donors (Lipinski definition) is 2. The lowest BCUT2D eigenvalue weighted by Crippen LogP contribution is -3.08. The lowest BCUT2D eigenvalue weighted by Gasteiger charge is -2.24. The normalized spacial score (nSPS) is 19.3. The second-order valence-corrected chi connectivity index (χ2v) is 7.17. The number of aromatic hydroxyl groups is 1. The Morgan fingerprint density at radius 2 is 1.89 bits per heavy atom. The fourth-order valence-electron chi connectivity index (χ4n) is 4.35. The van der Waals surface area contributed by atoms with E-state index in [4.69, 9.17) is 9.47 Å². The Morgan fingerprint density at radius 1 is 1.04 bits per heavy atom. The van der Waals surface area contributed by atoms with Crippen LogP contribution in [0.5, 0.6) is 17.2 Å².